The van der Waals surface area contributed by atoms with Gasteiger partial charge in [0.1, 0.15) is 5.75 Å². The highest BCUT2D eigenvalue weighted by Gasteiger charge is 2.21. The predicted molar refractivity (Wildman–Crippen MR) is 60.1 cm³/mol. The number of pyridine rings is 1. The molecule has 0 aliphatic carbocycles. The molecule has 0 saturated carbocycles. The number of morpholine rings is 1. The third-order valence-electron chi connectivity index (χ3n) is 2.39. The van der Waals surface area contributed by atoms with Crippen molar-refractivity contribution in [1.82, 2.24) is 10.3 Å². The molecule has 2 rings (SSSR count). The fourth-order valence-corrected chi connectivity index (χ4v) is 2.27. The van der Waals surface area contributed by atoms with Crippen LogP contribution in [0.2, 0.25) is 0 Å². The van der Waals surface area contributed by atoms with E-state index in [1.807, 2.05) is 0 Å². The number of aromatic nitrogens is 1. The van der Waals surface area contributed by atoms with E-state index in [1.54, 1.807) is 19.5 Å². The number of halogens is 1. The first-order valence-corrected chi connectivity index (χ1v) is 5.60. The molecule has 1 aromatic heterocycles. The Morgan fingerprint density at radius 3 is 3.13 bits per heavy atom. The monoisotopic (exact) mass is 272 g/mol. The quantitative estimate of drug-likeness (QED) is 0.887. The van der Waals surface area contributed by atoms with Crippen LogP contribution in [0.3, 0.4) is 0 Å². The molecule has 0 radical (unpaired) electrons. The predicted octanol–water partition coefficient (Wildman–Crippen LogP) is 1.51. The zero-order valence-corrected chi connectivity index (χ0v) is 10.1. The Morgan fingerprint density at radius 1 is 1.60 bits per heavy atom. The lowest BCUT2D eigenvalue weighted by molar-refractivity contribution is 0.0758. The van der Waals surface area contributed by atoms with Crippen LogP contribution in [-0.4, -0.2) is 31.9 Å². The average molecular weight is 273 g/mol. The molecule has 5 heteroatoms. The molecule has 1 saturated heterocycles. The second-order valence-electron chi connectivity index (χ2n) is 3.32. The van der Waals surface area contributed by atoms with Crippen molar-refractivity contribution in [3.05, 3.63) is 22.4 Å². The van der Waals surface area contributed by atoms with Crippen LogP contribution >= 0.6 is 15.9 Å². The van der Waals surface area contributed by atoms with Gasteiger partial charge in [0, 0.05) is 22.8 Å². The molecule has 1 aliphatic heterocycles. The van der Waals surface area contributed by atoms with E-state index in [0.717, 1.165) is 28.9 Å². The maximum absolute atomic E-state index is 5.43. The maximum Gasteiger partial charge on any atom is 0.143 e. The summed E-state index contributed by atoms with van der Waals surface area (Å²) in [5.41, 5.74) is 1.08. The normalized spacial score (nSPS) is 21.3. The Balaban J connectivity index is 2.31. The van der Waals surface area contributed by atoms with E-state index in [1.165, 1.54) is 0 Å². The van der Waals surface area contributed by atoms with Gasteiger partial charge >= 0.3 is 0 Å². The van der Waals surface area contributed by atoms with E-state index >= 15 is 0 Å². The fourth-order valence-electron chi connectivity index (χ4n) is 1.68. The molecule has 0 bridgehead atoms. The minimum Gasteiger partial charge on any atom is -0.495 e. The van der Waals surface area contributed by atoms with Crippen LogP contribution in [0.5, 0.6) is 5.75 Å². The molecule has 1 atom stereocenters. The first-order valence-electron chi connectivity index (χ1n) is 4.81. The van der Waals surface area contributed by atoms with Gasteiger partial charge in [0.2, 0.25) is 0 Å². The van der Waals surface area contributed by atoms with Crippen molar-refractivity contribution in [2.75, 3.05) is 26.9 Å². The summed E-state index contributed by atoms with van der Waals surface area (Å²) in [6.07, 6.45) is 3.49. The highest BCUT2D eigenvalue weighted by molar-refractivity contribution is 9.10. The Hall–Kier alpha value is -0.650. The lowest BCUT2D eigenvalue weighted by atomic mass is 10.1. The number of hydrogen-bond donors (Lipinski definition) is 1. The highest BCUT2D eigenvalue weighted by Crippen LogP contribution is 2.32. The Labute approximate surface area is 97.1 Å². The van der Waals surface area contributed by atoms with Gasteiger partial charge in [0.05, 0.1) is 32.6 Å². The molecular formula is C10H13BrN2O2. The lowest BCUT2D eigenvalue weighted by Gasteiger charge is -2.26. The van der Waals surface area contributed by atoms with Crippen LogP contribution < -0.4 is 10.1 Å². The summed E-state index contributed by atoms with van der Waals surface area (Å²) in [6, 6.07) is 0.172. The van der Waals surface area contributed by atoms with Crippen molar-refractivity contribution in [2.24, 2.45) is 0 Å². The highest BCUT2D eigenvalue weighted by atomic mass is 79.9. The van der Waals surface area contributed by atoms with Crippen molar-refractivity contribution >= 4 is 15.9 Å². The van der Waals surface area contributed by atoms with Gasteiger partial charge in [0.15, 0.2) is 0 Å². The van der Waals surface area contributed by atoms with E-state index < -0.39 is 0 Å². The number of nitrogens with zero attached hydrogens (tertiary/aromatic N) is 1. The van der Waals surface area contributed by atoms with Crippen molar-refractivity contribution < 1.29 is 9.47 Å². The summed E-state index contributed by atoms with van der Waals surface area (Å²) in [4.78, 5) is 4.07. The van der Waals surface area contributed by atoms with Crippen molar-refractivity contribution in [3.63, 3.8) is 0 Å². The van der Waals surface area contributed by atoms with Crippen LogP contribution in [0.25, 0.3) is 0 Å². The van der Waals surface area contributed by atoms with Gasteiger partial charge in [-0.2, -0.15) is 0 Å². The Morgan fingerprint density at radius 2 is 2.47 bits per heavy atom. The standard InChI is InChI=1S/C10H13BrN2O2/c1-14-9-5-12-4-7(11)10(9)8-6-15-3-2-13-8/h4-5,8,13H,2-3,6H2,1H3. The third-order valence-corrected chi connectivity index (χ3v) is 3.02. The van der Waals surface area contributed by atoms with E-state index in [0.29, 0.717) is 6.61 Å². The van der Waals surface area contributed by atoms with Gasteiger partial charge in [-0.3, -0.25) is 4.98 Å². The van der Waals surface area contributed by atoms with Gasteiger partial charge in [-0.25, -0.2) is 0 Å². The molecule has 4 nitrogen and oxygen atoms in total. The number of rotatable bonds is 2. The number of ether oxygens (including phenoxy) is 2. The number of hydrogen-bond acceptors (Lipinski definition) is 4. The number of methoxy groups -OCH3 is 1. The maximum atomic E-state index is 5.43. The van der Waals surface area contributed by atoms with Gasteiger partial charge < -0.3 is 14.8 Å². The van der Waals surface area contributed by atoms with E-state index in [2.05, 4.69) is 26.2 Å². The summed E-state index contributed by atoms with van der Waals surface area (Å²) < 4.78 is 11.7. The Kier molecular flexibility index (Phi) is 3.56. The summed E-state index contributed by atoms with van der Waals surface area (Å²) in [6.45, 7) is 2.29. The van der Waals surface area contributed by atoms with Crippen LogP contribution in [0.1, 0.15) is 11.6 Å². The molecule has 0 spiro atoms. The molecule has 15 heavy (non-hydrogen) atoms. The SMILES string of the molecule is COc1cncc(Br)c1C1COCCN1. The van der Waals surface area contributed by atoms with Crippen molar-refractivity contribution in [2.45, 2.75) is 6.04 Å². The molecule has 2 heterocycles. The second-order valence-corrected chi connectivity index (χ2v) is 4.17. The minimum absolute atomic E-state index is 0.172. The zero-order valence-electron chi connectivity index (χ0n) is 8.50. The average Bonchev–Trinajstić information content (AvgIpc) is 2.29. The molecule has 1 aromatic rings. The topological polar surface area (TPSA) is 43.4 Å². The molecule has 0 aromatic carbocycles. The van der Waals surface area contributed by atoms with Crippen LogP contribution in [-0.2, 0) is 4.74 Å². The number of nitrogens with one attached hydrogen (secondary N) is 1. The molecule has 1 N–H and O–H groups in total. The summed E-state index contributed by atoms with van der Waals surface area (Å²) in [5, 5.41) is 3.39. The van der Waals surface area contributed by atoms with Crippen LogP contribution in [0.4, 0.5) is 0 Å². The Bertz CT molecular complexity index is 340. The van der Waals surface area contributed by atoms with Gasteiger partial charge in [-0.15, -0.1) is 0 Å². The molecular weight excluding hydrogens is 260 g/mol. The van der Waals surface area contributed by atoms with Gasteiger partial charge in [-0.1, -0.05) is 0 Å². The summed E-state index contributed by atoms with van der Waals surface area (Å²) in [5.74, 6) is 0.785. The summed E-state index contributed by atoms with van der Waals surface area (Å²) >= 11 is 3.49. The van der Waals surface area contributed by atoms with Crippen LogP contribution in [0.15, 0.2) is 16.9 Å². The first-order chi connectivity index (χ1) is 7.33. The first kappa shape index (κ1) is 10.9. The zero-order chi connectivity index (χ0) is 10.7. The molecule has 0 amide bonds. The lowest BCUT2D eigenvalue weighted by Crippen LogP contribution is -2.35. The van der Waals surface area contributed by atoms with Crippen molar-refractivity contribution in [3.8, 4) is 5.75 Å². The molecule has 1 unspecified atom stereocenters. The second kappa shape index (κ2) is 4.92. The van der Waals surface area contributed by atoms with E-state index in [9.17, 15) is 0 Å². The van der Waals surface area contributed by atoms with E-state index in [-0.39, 0.29) is 6.04 Å². The fraction of sp³-hybridized carbons (Fsp3) is 0.500. The van der Waals surface area contributed by atoms with Gasteiger partial charge in [0.25, 0.3) is 0 Å². The van der Waals surface area contributed by atoms with Crippen molar-refractivity contribution in [1.29, 1.82) is 0 Å². The largest absolute Gasteiger partial charge is 0.495 e. The molecule has 1 fully saturated rings. The summed E-state index contributed by atoms with van der Waals surface area (Å²) in [7, 11) is 1.65. The minimum atomic E-state index is 0.172. The third kappa shape index (κ3) is 2.30. The van der Waals surface area contributed by atoms with Crippen LogP contribution in [0, 0.1) is 0 Å². The van der Waals surface area contributed by atoms with E-state index in [4.69, 9.17) is 9.47 Å². The molecule has 82 valence electrons. The van der Waals surface area contributed by atoms with Gasteiger partial charge in [-0.05, 0) is 15.9 Å². The molecule has 1 aliphatic rings. The smallest absolute Gasteiger partial charge is 0.143 e.